The van der Waals surface area contributed by atoms with E-state index in [1.54, 1.807) is 0 Å². The van der Waals surface area contributed by atoms with Crippen molar-refractivity contribution in [1.82, 2.24) is 0 Å². The van der Waals surface area contributed by atoms with Gasteiger partial charge in [0, 0.05) is 18.2 Å². The zero-order chi connectivity index (χ0) is 19.1. The summed E-state index contributed by atoms with van der Waals surface area (Å²) in [6.45, 7) is 0. The number of halogens is 1. The van der Waals surface area contributed by atoms with Crippen molar-refractivity contribution < 1.29 is 28.2 Å². The minimum atomic E-state index is -0.635. The third-order valence-corrected chi connectivity index (χ3v) is 3.48. The van der Waals surface area contributed by atoms with Crippen LogP contribution in [0.15, 0.2) is 42.5 Å². The zero-order valence-electron chi connectivity index (χ0n) is 14.5. The van der Waals surface area contributed by atoms with Gasteiger partial charge in [-0.05, 0) is 23.8 Å². The molecule has 0 fully saturated rings. The van der Waals surface area contributed by atoms with Crippen molar-refractivity contribution in [3.63, 3.8) is 0 Å². The first-order valence-corrected chi connectivity index (χ1v) is 7.57. The lowest BCUT2D eigenvalue weighted by molar-refractivity contribution is -0.111. The van der Waals surface area contributed by atoms with Crippen LogP contribution in [0, 0.1) is 5.82 Å². The number of rotatable bonds is 6. The van der Waals surface area contributed by atoms with Crippen molar-refractivity contribution in [3.05, 3.63) is 59.4 Å². The van der Waals surface area contributed by atoms with Gasteiger partial charge in [-0.3, -0.25) is 4.79 Å². The highest BCUT2D eigenvalue weighted by atomic mass is 19.1. The van der Waals surface area contributed by atoms with Gasteiger partial charge in [0.15, 0.2) is 11.5 Å². The van der Waals surface area contributed by atoms with E-state index in [-0.39, 0.29) is 17.1 Å². The van der Waals surface area contributed by atoms with Crippen molar-refractivity contribution >= 4 is 23.6 Å². The van der Waals surface area contributed by atoms with Crippen molar-refractivity contribution in [2.24, 2.45) is 0 Å². The van der Waals surface area contributed by atoms with E-state index in [1.165, 1.54) is 69.9 Å². The van der Waals surface area contributed by atoms with Crippen LogP contribution in [-0.4, -0.2) is 33.2 Å². The smallest absolute Gasteiger partial charge is 0.340 e. The first-order chi connectivity index (χ1) is 12.5. The van der Waals surface area contributed by atoms with Crippen molar-refractivity contribution in [2.75, 3.05) is 26.6 Å². The second-order valence-corrected chi connectivity index (χ2v) is 5.12. The summed E-state index contributed by atoms with van der Waals surface area (Å²) in [4.78, 5) is 24.1. The lowest BCUT2D eigenvalue weighted by Crippen LogP contribution is -2.13. The average molecular weight is 359 g/mol. The van der Waals surface area contributed by atoms with Gasteiger partial charge in [-0.15, -0.1) is 0 Å². The lowest BCUT2D eigenvalue weighted by Gasteiger charge is -2.14. The standard InChI is InChI=1S/C19H18FNO5/c1-24-16-10-14(19(23)26-3)15(11-17(16)25-2)21-18(22)9-6-12-4-7-13(20)8-5-12/h4-11H,1-3H3,(H,21,22)/b9-6+. The van der Waals surface area contributed by atoms with Crippen LogP contribution >= 0.6 is 0 Å². The molecule has 0 bridgehead atoms. The summed E-state index contributed by atoms with van der Waals surface area (Å²) >= 11 is 0. The molecular formula is C19H18FNO5. The fourth-order valence-corrected chi connectivity index (χ4v) is 2.18. The van der Waals surface area contributed by atoms with E-state index < -0.39 is 11.9 Å². The number of anilines is 1. The van der Waals surface area contributed by atoms with Gasteiger partial charge < -0.3 is 19.5 Å². The number of methoxy groups -OCH3 is 3. The number of carbonyl (C=O) groups is 2. The third kappa shape index (κ3) is 4.60. The summed E-state index contributed by atoms with van der Waals surface area (Å²) in [5.41, 5.74) is 0.985. The van der Waals surface area contributed by atoms with Gasteiger partial charge in [-0.2, -0.15) is 0 Å². The Morgan fingerprint density at radius 2 is 1.62 bits per heavy atom. The number of ether oxygens (including phenoxy) is 3. The lowest BCUT2D eigenvalue weighted by atomic mass is 10.1. The van der Waals surface area contributed by atoms with E-state index in [1.807, 2.05) is 0 Å². The molecule has 0 unspecified atom stereocenters. The maximum atomic E-state index is 12.9. The van der Waals surface area contributed by atoms with Gasteiger partial charge >= 0.3 is 5.97 Å². The number of nitrogens with one attached hydrogen (secondary N) is 1. The molecule has 0 heterocycles. The largest absolute Gasteiger partial charge is 0.493 e. The molecule has 0 spiro atoms. The van der Waals surface area contributed by atoms with Crippen LogP contribution in [0.4, 0.5) is 10.1 Å². The Labute approximate surface area is 150 Å². The summed E-state index contributed by atoms with van der Waals surface area (Å²) in [7, 11) is 4.11. The van der Waals surface area contributed by atoms with Crippen molar-refractivity contribution in [1.29, 1.82) is 0 Å². The number of carbonyl (C=O) groups excluding carboxylic acids is 2. The molecule has 0 saturated carbocycles. The third-order valence-electron chi connectivity index (χ3n) is 3.48. The van der Waals surface area contributed by atoms with E-state index in [0.29, 0.717) is 17.1 Å². The van der Waals surface area contributed by atoms with Gasteiger partial charge in [-0.1, -0.05) is 12.1 Å². The Kier molecular flexibility index (Phi) is 6.32. The van der Waals surface area contributed by atoms with Crippen LogP contribution < -0.4 is 14.8 Å². The zero-order valence-corrected chi connectivity index (χ0v) is 14.5. The summed E-state index contributed by atoms with van der Waals surface area (Å²) < 4.78 is 28.0. The second-order valence-electron chi connectivity index (χ2n) is 5.12. The van der Waals surface area contributed by atoms with E-state index in [0.717, 1.165) is 0 Å². The maximum absolute atomic E-state index is 12.9. The molecule has 0 aliphatic heterocycles. The highest BCUT2D eigenvalue weighted by Gasteiger charge is 2.18. The van der Waals surface area contributed by atoms with Crippen LogP contribution in [0.5, 0.6) is 11.5 Å². The Bertz CT molecular complexity index is 831. The first-order valence-electron chi connectivity index (χ1n) is 7.57. The van der Waals surface area contributed by atoms with Crippen LogP contribution in [-0.2, 0) is 9.53 Å². The molecule has 0 saturated heterocycles. The number of esters is 1. The number of amides is 1. The number of hydrogen-bond donors (Lipinski definition) is 1. The Morgan fingerprint density at radius 1 is 1.00 bits per heavy atom. The molecule has 0 radical (unpaired) electrons. The highest BCUT2D eigenvalue weighted by Crippen LogP contribution is 2.33. The molecule has 0 aliphatic carbocycles. The van der Waals surface area contributed by atoms with Crippen LogP contribution in [0.1, 0.15) is 15.9 Å². The molecule has 136 valence electrons. The molecular weight excluding hydrogens is 341 g/mol. The molecule has 2 aromatic rings. The van der Waals surface area contributed by atoms with Gasteiger partial charge in [0.05, 0.1) is 32.6 Å². The van der Waals surface area contributed by atoms with Crippen LogP contribution in [0.25, 0.3) is 6.08 Å². The Morgan fingerprint density at radius 3 is 2.19 bits per heavy atom. The summed E-state index contributed by atoms with van der Waals surface area (Å²) in [6, 6.07) is 8.55. The van der Waals surface area contributed by atoms with Gasteiger partial charge in [0.1, 0.15) is 5.82 Å². The summed E-state index contributed by atoms with van der Waals surface area (Å²) in [5, 5.41) is 2.60. The van der Waals surface area contributed by atoms with E-state index in [4.69, 9.17) is 14.2 Å². The van der Waals surface area contributed by atoms with Gasteiger partial charge in [0.2, 0.25) is 5.91 Å². The molecule has 2 aromatic carbocycles. The molecule has 1 amide bonds. The molecule has 0 aliphatic rings. The molecule has 6 nitrogen and oxygen atoms in total. The molecule has 0 aromatic heterocycles. The van der Waals surface area contributed by atoms with Gasteiger partial charge in [0.25, 0.3) is 0 Å². The van der Waals surface area contributed by atoms with E-state index >= 15 is 0 Å². The minimum absolute atomic E-state index is 0.119. The summed E-state index contributed by atoms with van der Waals surface area (Å²) in [5.74, 6) is -0.805. The maximum Gasteiger partial charge on any atom is 0.340 e. The van der Waals surface area contributed by atoms with Gasteiger partial charge in [-0.25, -0.2) is 9.18 Å². The fraction of sp³-hybridized carbons (Fsp3) is 0.158. The normalized spacial score (nSPS) is 10.5. The highest BCUT2D eigenvalue weighted by molar-refractivity contribution is 6.07. The summed E-state index contributed by atoms with van der Waals surface area (Å²) in [6.07, 6.45) is 2.79. The molecule has 7 heteroatoms. The molecule has 0 atom stereocenters. The Hall–Kier alpha value is -3.35. The first kappa shape index (κ1) is 19.0. The minimum Gasteiger partial charge on any atom is -0.493 e. The quantitative estimate of drug-likeness (QED) is 0.633. The van der Waals surface area contributed by atoms with E-state index in [9.17, 15) is 14.0 Å². The second kappa shape index (κ2) is 8.66. The monoisotopic (exact) mass is 359 g/mol. The SMILES string of the molecule is COC(=O)c1cc(OC)c(OC)cc1NC(=O)/C=C/c1ccc(F)cc1. The molecule has 1 N–H and O–H groups in total. The van der Waals surface area contributed by atoms with Crippen molar-refractivity contribution in [3.8, 4) is 11.5 Å². The molecule has 26 heavy (non-hydrogen) atoms. The number of hydrogen-bond acceptors (Lipinski definition) is 5. The number of benzene rings is 2. The predicted octanol–water partition coefficient (Wildman–Crippen LogP) is 3.28. The van der Waals surface area contributed by atoms with E-state index in [2.05, 4.69) is 5.32 Å². The average Bonchev–Trinajstić information content (AvgIpc) is 2.66. The van der Waals surface area contributed by atoms with Crippen molar-refractivity contribution in [2.45, 2.75) is 0 Å². The Balaban J connectivity index is 2.27. The molecule has 2 rings (SSSR count). The topological polar surface area (TPSA) is 73.9 Å². The van der Waals surface area contributed by atoms with Crippen LogP contribution in [0.2, 0.25) is 0 Å². The predicted molar refractivity (Wildman–Crippen MR) is 94.9 cm³/mol. The van der Waals surface area contributed by atoms with Crippen LogP contribution in [0.3, 0.4) is 0 Å². The fourth-order valence-electron chi connectivity index (χ4n) is 2.18.